The standard InChI is InChI=1S/C29H28N2O2/c1-2-3-14-26-28(29(32)27-15-9-18-33-27)24(21-10-5-4-6-11-21)20-31(26)17-16-22-19-30-25-13-8-7-12-23(22)25/h4-13,15,18-20,30H,2-3,14,16-17H2,1H3. The second-order valence-electron chi connectivity index (χ2n) is 8.44. The molecule has 0 saturated heterocycles. The molecule has 0 atom stereocenters. The maximum absolute atomic E-state index is 13.6. The zero-order chi connectivity index (χ0) is 22.6. The van der Waals surface area contributed by atoms with Crippen molar-refractivity contribution in [1.82, 2.24) is 9.55 Å². The van der Waals surface area contributed by atoms with E-state index in [1.54, 1.807) is 18.4 Å². The minimum Gasteiger partial charge on any atom is -0.461 e. The Labute approximate surface area is 193 Å². The van der Waals surface area contributed by atoms with Crippen molar-refractivity contribution in [3.05, 3.63) is 108 Å². The number of benzene rings is 2. The van der Waals surface area contributed by atoms with Crippen molar-refractivity contribution in [2.45, 2.75) is 39.2 Å². The van der Waals surface area contributed by atoms with Crippen LogP contribution in [0.2, 0.25) is 0 Å². The number of para-hydroxylation sites is 1. The molecule has 166 valence electrons. The van der Waals surface area contributed by atoms with Gasteiger partial charge in [0.1, 0.15) is 0 Å². The summed E-state index contributed by atoms with van der Waals surface area (Å²) in [6.45, 7) is 3.00. The highest BCUT2D eigenvalue weighted by atomic mass is 16.3. The van der Waals surface area contributed by atoms with Gasteiger partial charge < -0.3 is 14.0 Å². The van der Waals surface area contributed by atoms with Crippen LogP contribution in [0.1, 0.15) is 47.1 Å². The number of nitrogens with zero attached hydrogens (tertiary/aromatic N) is 1. The van der Waals surface area contributed by atoms with Crippen LogP contribution < -0.4 is 0 Å². The third-order valence-corrected chi connectivity index (χ3v) is 6.31. The summed E-state index contributed by atoms with van der Waals surface area (Å²) in [6.07, 6.45) is 9.68. The lowest BCUT2D eigenvalue weighted by Crippen LogP contribution is -2.10. The first-order chi connectivity index (χ1) is 16.3. The number of furan rings is 1. The monoisotopic (exact) mass is 436 g/mol. The molecule has 4 heteroatoms. The maximum atomic E-state index is 13.6. The second-order valence-corrected chi connectivity index (χ2v) is 8.44. The third kappa shape index (κ3) is 4.17. The first kappa shape index (κ1) is 21.1. The van der Waals surface area contributed by atoms with Crippen molar-refractivity contribution in [3.8, 4) is 11.1 Å². The fourth-order valence-electron chi connectivity index (χ4n) is 4.61. The summed E-state index contributed by atoms with van der Waals surface area (Å²) in [7, 11) is 0. The summed E-state index contributed by atoms with van der Waals surface area (Å²) < 4.78 is 7.80. The van der Waals surface area contributed by atoms with E-state index in [0.717, 1.165) is 60.1 Å². The lowest BCUT2D eigenvalue weighted by Gasteiger charge is -2.11. The van der Waals surface area contributed by atoms with Gasteiger partial charge in [0.2, 0.25) is 5.78 Å². The van der Waals surface area contributed by atoms with Gasteiger partial charge in [-0.15, -0.1) is 0 Å². The van der Waals surface area contributed by atoms with Gasteiger partial charge in [0, 0.05) is 41.1 Å². The Balaban J connectivity index is 1.58. The summed E-state index contributed by atoms with van der Waals surface area (Å²) in [5, 5.41) is 1.26. The van der Waals surface area contributed by atoms with Gasteiger partial charge in [-0.05, 0) is 48.6 Å². The summed E-state index contributed by atoms with van der Waals surface area (Å²) in [5.41, 5.74) is 6.34. The Morgan fingerprint density at radius 2 is 1.79 bits per heavy atom. The van der Waals surface area contributed by atoms with Crippen LogP contribution in [0.25, 0.3) is 22.0 Å². The SMILES string of the molecule is CCCCc1c(C(=O)c2ccco2)c(-c2ccccc2)cn1CCc1c[nH]c2ccccc12. The molecule has 3 heterocycles. The average Bonchev–Trinajstić information content (AvgIpc) is 3.60. The molecule has 5 rings (SSSR count). The van der Waals surface area contributed by atoms with Gasteiger partial charge in [-0.3, -0.25) is 4.79 Å². The molecule has 0 aliphatic heterocycles. The molecule has 0 unspecified atom stereocenters. The van der Waals surface area contributed by atoms with Gasteiger partial charge in [0.25, 0.3) is 0 Å². The first-order valence-electron chi connectivity index (χ1n) is 11.7. The highest BCUT2D eigenvalue weighted by molar-refractivity contribution is 6.12. The number of aromatic nitrogens is 2. The largest absolute Gasteiger partial charge is 0.461 e. The molecule has 0 amide bonds. The predicted octanol–water partition coefficient (Wildman–Crippen LogP) is 7.05. The van der Waals surface area contributed by atoms with Crippen molar-refractivity contribution < 1.29 is 9.21 Å². The van der Waals surface area contributed by atoms with Gasteiger partial charge >= 0.3 is 0 Å². The van der Waals surface area contributed by atoms with Crippen LogP contribution >= 0.6 is 0 Å². The predicted molar refractivity (Wildman–Crippen MR) is 133 cm³/mol. The summed E-state index contributed by atoms with van der Waals surface area (Å²) >= 11 is 0. The molecule has 0 aliphatic rings. The number of aromatic amines is 1. The van der Waals surface area contributed by atoms with Crippen LogP contribution in [-0.2, 0) is 19.4 Å². The van der Waals surface area contributed by atoms with Crippen LogP contribution in [0.15, 0.2) is 89.8 Å². The molecule has 4 nitrogen and oxygen atoms in total. The lowest BCUT2D eigenvalue weighted by atomic mass is 9.97. The minimum absolute atomic E-state index is 0.0456. The summed E-state index contributed by atoms with van der Waals surface area (Å²) in [6, 6.07) is 22.1. The van der Waals surface area contributed by atoms with Crippen LogP contribution in [0.3, 0.4) is 0 Å². The molecular formula is C29H28N2O2. The molecule has 0 spiro atoms. The number of aryl methyl sites for hydroxylation is 2. The number of carbonyl (C=O) groups is 1. The Hall–Kier alpha value is -3.79. The highest BCUT2D eigenvalue weighted by Crippen LogP contribution is 2.32. The van der Waals surface area contributed by atoms with Gasteiger partial charge in [-0.25, -0.2) is 0 Å². The number of fused-ring (bicyclic) bond motifs is 1. The van der Waals surface area contributed by atoms with Gasteiger partial charge in [-0.2, -0.15) is 0 Å². The number of ketones is 1. The molecule has 0 radical (unpaired) electrons. The molecule has 0 aliphatic carbocycles. The van der Waals surface area contributed by atoms with E-state index in [2.05, 4.69) is 65.3 Å². The molecule has 0 saturated carbocycles. The van der Waals surface area contributed by atoms with E-state index in [-0.39, 0.29) is 5.78 Å². The molecule has 0 bridgehead atoms. The molecule has 1 N–H and O–H groups in total. The number of hydrogen-bond donors (Lipinski definition) is 1. The van der Waals surface area contributed by atoms with E-state index in [0.29, 0.717) is 5.76 Å². The second kappa shape index (κ2) is 9.37. The molecule has 33 heavy (non-hydrogen) atoms. The van der Waals surface area contributed by atoms with E-state index in [4.69, 9.17) is 4.42 Å². The number of rotatable bonds is 9. The minimum atomic E-state index is -0.0456. The molecule has 2 aromatic carbocycles. The van der Waals surface area contributed by atoms with Crippen molar-refractivity contribution in [1.29, 1.82) is 0 Å². The number of carbonyl (C=O) groups excluding carboxylic acids is 1. The smallest absolute Gasteiger partial charge is 0.230 e. The topological polar surface area (TPSA) is 50.9 Å². The Morgan fingerprint density at radius 3 is 2.58 bits per heavy atom. The van der Waals surface area contributed by atoms with Crippen molar-refractivity contribution in [2.24, 2.45) is 0 Å². The Morgan fingerprint density at radius 1 is 0.970 bits per heavy atom. The van der Waals surface area contributed by atoms with Gasteiger partial charge in [0.05, 0.1) is 11.8 Å². The number of hydrogen-bond acceptors (Lipinski definition) is 2. The maximum Gasteiger partial charge on any atom is 0.230 e. The number of nitrogens with one attached hydrogen (secondary N) is 1. The fraction of sp³-hybridized carbons (Fsp3) is 0.207. The first-order valence-corrected chi connectivity index (χ1v) is 11.7. The summed E-state index contributed by atoms with van der Waals surface area (Å²) in [5.74, 6) is 0.343. The third-order valence-electron chi connectivity index (χ3n) is 6.31. The van der Waals surface area contributed by atoms with E-state index in [9.17, 15) is 4.79 Å². The number of unbranched alkanes of at least 4 members (excludes halogenated alkanes) is 1. The highest BCUT2D eigenvalue weighted by Gasteiger charge is 2.25. The van der Waals surface area contributed by atoms with E-state index >= 15 is 0 Å². The van der Waals surface area contributed by atoms with E-state index < -0.39 is 0 Å². The zero-order valence-electron chi connectivity index (χ0n) is 18.9. The normalized spacial score (nSPS) is 11.3. The lowest BCUT2D eigenvalue weighted by molar-refractivity contribution is 0.101. The van der Waals surface area contributed by atoms with Crippen molar-refractivity contribution >= 4 is 16.7 Å². The number of H-pyrrole nitrogens is 1. The van der Waals surface area contributed by atoms with Crippen molar-refractivity contribution in [3.63, 3.8) is 0 Å². The molecule has 0 fully saturated rings. The van der Waals surface area contributed by atoms with E-state index in [1.807, 2.05) is 18.2 Å². The zero-order valence-corrected chi connectivity index (χ0v) is 18.9. The van der Waals surface area contributed by atoms with Crippen molar-refractivity contribution in [2.75, 3.05) is 0 Å². The van der Waals surface area contributed by atoms with Crippen LogP contribution in [-0.4, -0.2) is 15.3 Å². The van der Waals surface area contributed by atoms with Gasteiger partial charge in [-0.1, -0.05) is 61.9 Å². The molecule has 5 aromatic rings. The molecular weight excluding hydrogens is 408 g/mol. The van der Waals surface area contributed by atoms with E-state index in [1.165, 1.54) is 10.9 Å². The summed E-state index contributed by atoms with van der Waals surface area (Å²) in [4.78, 5) is 17.0. The molecule has 3 aromatic heterocycles. The Bertz CT molecular complexity index is 1360. The average molecular weight is 437 g/mol. The quantitative estimate of drug-likeness (QED) is 0.252. The van der Waals surface area contributed by atoms with Crippen LogP contribution in [0, 0.1) is 0 Å². The van der Waals surface area contributed by atoms with Crippen LogP contribution in [0.5, 0.6) is 0 Å². The van der Waals surface area contributed by atoms with Gasteiger partial charge in [0.15, 0.2) is 5.76 Å². The fourth-order valence-corrected chi connectivity index (χ4v) is 4.61. The Kier molecular flexibility index (Phi) is 5.99. The van der Waals surface area contributed by atoms with Crippen LogP contribution in [0.4, 0.5) is 0 Å².